The van der Waals surface area contributed by atoms with Gasteiger partial charge in [0.1, 0.15) is 6.17 Å². The maximum atomic E-state index is 13.4. The molecule has 1 saturated heterocycles. The molecule has 1 amide bonds. The van der Waals surface area contributed by atoms with E-state index in [2.05, 4.69) is 65.6 Å². The highest BCUT2D eigenvalue weighted by Crippen LogP contribution is 2.46. The summed E-state index contributed by atoms with van der Waals surface area (Å²) in [5, 5.41) is 18.9. The van der Waals surface area contributed by atoms with Gasteiger partial charge in [-0.05, 0) is 47.4 Å². The smallest absolute Gasteiger partial charge is 0.290 e. The first-order valence-electron chi connectivity index (χ1n) is 11.6. The van der Waals surface area contributed by atoms with Crippen LogP contribution in [0.3, 0.4) is 0 Å². The van der Waals surface area contributed by atoms with E-state index < -0.39 is 11.2 Å². The molecule has 168 valence electrons. The number of benzene rings is 2. The number of aryl methyl sites for hydroxylation is 2. The lowest BCUT2D eigenvalue weighted by Gasteiger charge is -2.51. The largest absolute Gasteiger partial charge is 0.502 e. The number of rotatable bonds is 1. The van der Waals surface area contributed by atoms with Gasteiger partial charge in [0.25, 0.3) is 5.91 Å². The van der Waals surface area contributed by atoms with Gasteiger partial charge in [0.05, 0.1) is 6.20 Å². The molecule has 0 radical (unpaired) electrons. The van der Waals surface area contributed by atoms with Crippen molar-refractivity contribution in [2.75, 3.05) is 13.1 Å². The van der Waals surface area contributed by atoms with Gasteiger partial charge in [0.15, 0.2) is 11.4 Å². The second-order valence-corrected chi connectivity index (χ2v) is 9.38. The van der Waals surface area contributed by atoms with Crippen LogP contribution in [0.4, 0.5) is 0 Å². The molecule has 3 aromatic rings. The quantitative estimate of drug-likeness (QED) is 0.627. The molecule has 0 bridgehead atoms. The van der Waals surface area contributed by atoms with Crippen molar-refractivity contribution >= 4 is 5.91 Å². The van der Waals surface area contributed by atoms with Crippen LogP contribution in [0, 0.1) is 5.92 Å². The van der Waals surface area contributed by atoms with Crippen LogP contribution in [0.1, 0.15) is 58.2 Å². The molecule has 0 spiro atoms. The van der Waals surface area contributed by atoms with E-state index in [9.17, 15) is 14.7 Å². The Balaban J connectivity index is 1.66. The molecule has 3 aliphatic rings. The maximum absolute atomic E-state index is 13.4. The summed E-state index contributed by atoms with van der Waals surface area (Å²) in [5.41, 5.74) is 4.31. The highest BCUT2D eigenvalue weighted by Gasteiger charge is 2.47. The lowest BCUT2D eigenvalue weighted by Crippen LogP contribution is -2.61. The molecular weight excluding hydrogens is 416 g/mol. The first-order valence-corrected chi connectivity index (χ1v) is 11.6. The summed E-state index contributed by atoms with van der Waals surface area (Å²) in [6.45, 7) is 3.44. The van der Waals surface area contributed by atoms with Gasteiger partial charge < -0.3 is 5.11 Å². The standard InChI is InChI=1S/C26H26N4O3/c1-16-12-13-28-26(33)23-24(32)21(31)14-27-30(23)25(29(28)15-16)22-19-8-4-2-6-17(19)10-11-18-7-3-5-9-20(18)22/h2-9,14,16,22,25,32H,10-13,15H2,1H3/t16-,25-/m0/s1. The number of aromatic hydroxyl groups is 1. The molecule has 1 N–H and O–H groups in total. The van der Waals surface area contributed by atoms with Crippen LogP contribution in [0.25, 0.3) is 0 Å². The second kappa shape index (κ2) is 7.56. The first-order chi connectivity index (χ1) is 16.0. The first kappa shape index (κ1) is 20.2. The lowest BCUT2D eigenvalue weighted by atomic mass is 9.84. The van der Waals surface area contributed by atoms with E-state index in [0.717, 1.165) is 25.5 Å². The second-order valence-electron chi connectivity index (χ2n) is 9.38. The average Bonchev–Trinajstić information content (AvgIpc) is 2.99. The third-order valence-corrected chi connectivity index (χ3v) is 7.36. The summed E-state index contributed by atoms with van der Waals surface area (Å²) in [7, 11) is 0. The normalized spacial score (nSPS) is 22.7. The van der Waals surface area contributed by atoms with Crippen molar-refractivity contribution < 1.29 is 9.90 Å². The number of nitrogens with zero attached hydrogens (tertiary/aromatic N) is 4. The number of aromatic nitrogens is 2. The van der Waals surface area contributed by atoms with Crippen LogP contribution in [-0.2, 0) is 12.8 Å². The Hall–Kier alpha value is -3.45. The molecule has 1 aliphatic carbocycles. The Morgan fingerprint density at radius 2 is 1.61 bits per heavy atom. The fourth-order valence-corrected chi connectivity index (χ4v) is 5.76. The Kier molecular flexibility index (Phi) is 4.62. The van der Waals surface area contributed by atoms with Crippen molar-refractivity contribution in [3.8, 4) is 5.75 Å². The minimum absolute atomic E-state index is 0.0162. The Bertz CT molecular complexity index is 1270. The average molecular weight is 443 g/mol. The molecule has 7 heteroatoms. The summed E-state index contributed by atoms with van der Waals surface area (Å²) >= 11 is 0. The highest BCUT2D eigenvalue weighted by molar-refractivity contribution is 5.95. The van der Waals surface area contributed by atoms with Crippen LogP contribution in [-0.4, -0.2) is 43.9 Å². The minimum Gasteiger partial charge on any atom is -0.502 e. The number of fused-ring (bicyclic) bond motifs is 4. The van der Waals surface area contributed by atoms with Gasteiger partial charge >= 0.3 is 0 Å². The molecule has 2 atom stereocenters. The van der Waals surface area contributed by atoms with Gasteiger partial charge in [-0.2, -0.15) is 10.1 Å². The van der Waals surface area contributed by atoms with Crippen molar-refractivity contribution in [3.63, 3.8) is 0 Å². The molecule has 33 heavy (non-hydrogen) atoms. The summed E-state index contributed by atoms with van der Waals surface area (Å²) < 4.78 is 1.59. The van der Waals surface area contributed by atoms with Crippen LogP contribution < -0.4 is 5.43 Å². The number of carbonyl (C=O) groups is 1. The van der Waals surface area contributed by atoms with E-state index in [1.807, 2.05) is 0 Å². The summed E-state index contributed by atoms with van der Waals surface area (Å²) in [6, 6.07) is 16.9. The van der Waals surface area contributed by atoms with E-state index >= 15 is 0 Å². The van der Waals surface area contributed by atoms with E-state index in [1.165, 1.54) is 22.3 Å². The fourth-order valence-electron chi connectivity index (χ4n) is 5.76. The predicted octanol–water partition coefficient (Wildman–Crippen LogP) is 3.09. The zero-order chi connectivity index (χ0) is 22.7. The number of hydrogen-bond donors (Lipinski definition) is 1. The number of carbonyl (C=O) groups excluding carboxylic acids is 1. The molecule has 1 fully saturated rings. The summed E-state index contributed by atoms with van der Waals surface area (Å²) in [5.74, 6) is -0.596. The van der Waals surface area contributed by atoms with E-state index in [1.54, 1.807) is 9.69 Å². The topological polar surface area (TPSA) is 78.7 Å². The molecule has 0 unspecified atom stereocenters. The number of amides is 1. The molecular formula is C26H26N4O3. The summed E-state index contributed by atoms with van der Waals surface area (Å²) in [6.07, 6.45) is 3.48. The van der Waals surface area contributed by atoms with Crippen molar-refractivity contribution in [2.24, 2.45) is 5.92 Å². The van der Waals surface area contributed by atoms with Gasteiger partial charge in [0.2, 0.25) is 5.43 Å². The van der Waals surface area contributed by atoms with E-state index in [0.29, 0.717) is 19.0 Å². The minimum atomic E-state index is -0.631. The van der Waals surface area contributed by atoms with Crippen LogP contribution in [0.5, 0.6) is 5.75 Å². The molecule has 0 saturated carbocycles. The summed E-state index contributed by atoms with van der Waals surface area (Å²) in [4.78, 5) is 25.7. The Morgan fingerprint density at radius 3 is 2.27 bits per heavy atom. The van der Waals surface area contributed by atoms with Crippen LogP contribution in [0.2, 0.25) is 0 Å². The Labute approximate surface area is 191 Å². The van der Waals surface area contributed by atoms with Gasteiger partial charge in [-0.1, -0.05) is 55.5 Å². The zero-order valence-corrected chi connectivity index (χ0v) is 18.5. The van der Waals surface area contributed by atoms with Crippen molar-refractivity contribution in [3.05, 3.63) is 92.9 Å². The van der Waals surface area contributed by atoms with Gasteiger partial charge in [-0.3, -0.25) is 14.6 Å². The van der Waals surface area contributed by atoms with E-state index in [4.69, 9.17) is 0 Å². The zero-order valence-electron chi connectivity index (χ0n) is 18.5. The van der Waals surface area contributed by atoms with E-state index in [-0.39, 0.29) is 23.7 Å². The van der Waals surface area contributed by atoms with Crippen LogP contribution >= 0.6 is 0 Å². The van der Waals surface area contributed by atoms with Gasteiger partial charge in [-0.25, -0.2) is 4.68 Å². The van der Waals surface area contributed by atoms with Gasteiger partial charge in [0, 0.05) is 19.0 Å². The number of hydrazine groups is 1. The fraction of sp³-hybridized carbons (Fsp3) is 0.346. The molecule has 7 nitrogen and oxygen atoms in total. The van der Waals surface area contributed by atoms with Crippen LogP contribution in [0.15, 0.2) is 59.5 Å². The molecule has 3 heterocycles. The maximum Gasteiger partial charge on any atom is 0.290 e. The molecule has 2 aromatic carbocycles. The highest BCUT2D eigenvalue weighted by atomic mass is 16.3. The molecule has 2 aliphatic heterocycles. The van der Waals surface area contributed by atoms with Gasteiger partial charge in [-0.15, -0.1) is 0 Å². The third-order valence-electron chi connectivity index (χ3n) is 7.36. The third kappa shape index (κ3) is 3.03. The monoisotopic (exact) mass is 442 g/mol. The SMILES string of the molecule is C[C@H]1CCN2C(=O)c3c(O)c(=O)cnn3[C@@H](C3c4ccccc4CCc4ccccc43)N2C1. The molecule has 6 rings (SSSR count). The van der Waals surface area contributed by atoms with Crippen molar-refractivity contribution in [1.82, 2.24) is 19.8 Å². The van der Waals surface area contributed by atoms with Crippen molar-refractivity contribution in [2.45, 2.75) is 38.3 Å². The number of hydrogen-bond acceptors (Lipinski definition) is 5. The van der Waals surface area contributed by atoms with Crippen molar-refractivity contribution in [1.29, 1.82) is 0 Å². The Morgan fingerprint density at radius 1 is 0.970 bits per heavy atom. The molecule has 1 aromatic heterocycles. The lowest BCUT2D eigenvalue weighted by molar-refractivity contribution is -0.116. The predicted molar refractivity (Wildman–Crippen MR) is 123 cm³/mol.